The molecule has 0 saturated heterocycles. The molecule has 0 aromatic heterocycles. The number of ether oxygens (including phenoxy) is 2. The Kier molecular flexibility index (Phi) is 3.84. The molecule has 1 aromatic carbocycles. The molecule has 1 aliphatic rings. The number of hydrogen-bond donors (Lipinski definition) is 0. The minimum Gasteiger partial charge on any atom is -0.498 e. The number of benzene rings is 1. The smallest absolute Gasteiger partial charge is 0.201 e. The molecule has 0 saturated carbocycles. The summed E-state index contributed by atoms with van der Waals surface area (Å²) >= 11 is 0. The lowest BCUT2D eigenvalue weighted by Gasteiger charge is -2.20. The van der Waals surface area contributed by atoms with Gasteiger partial charge in [-0.05, 0) is 44.4 Å². The Labute approximate surface area is 105 Å². The molecule has 1 aromatic rings. The third-order valence-electron chi connectivity index (χ3n) is 2.96. The van der Waals surface area contributed by atoms with Gasteiger partial charge in [0.15, 0.2) is 11.6 Å². The second kappa shape index (κ2) is 5.38. The maximum Gasteiger partial charge on any atom is 0.201 e. The van der Waals surface area contributed by atoms with Crippen LogP contribution in [0.1, 0.15) is 32.3 Å². The van der Waals surface area contributed by atoms with Gasteiger partial charge in [0.1, 0.15) is 0 Å². The molecule has 98 valence electrons. The van der Waals surface area contributed by atoms with Crippen LogP contribution in [0.2, 0.25) is 0 Å². The fourth-order valence-corrected chi connectivity index (χ4v) is 1.93. The van der Waals surface area contributed by atoms with Crippen LogP contribution in [0.25, 0.3) is 5.57 Å². The van der Waals surface area contributed by atoms with Crippen LogP contribution in [0, 0.1) is 11.6 Å². The quantitative estimate of drug-likeness (QED) is 0.814. The SMILES string of the molecule is CCOc1ccc(C2=COC(C)CC2)c(F)c1F. The minimum absolute atomic E-state index is 0.0514. The molecule has 0 aliphatic carbocycles. The lowest BCUT2D eigenvalue weighted by Crippen LogP contribution is -2.10. The Morgan fingerprint density at radius 2 is 2.11 bits per heavy atom. The summed E-state index contributed by atoms with van der Waals surface area (Å²) in [5.41, 5.74) is 0.940. The molecular formula is C14H16F2O2. The van der Waals surface area contributed by atoms with E-state index in [0.29, 0.717) is 18.6 Å². The van der Waals surface area contributed by atoms with E-state index in [2.05, 4.69) is 0 Å². The van der Waals surface area contributed by atoms with Crippen molar-refractivity contribution in [3.8, 4) is 5.75 Å². The molecule has 0 amide bonds. The van der Waals surface area contributed by atoms with Crippen molar-refractivity contribution in [2.75, 3.05) is 6.61 Å². The van der Waals surface area contributed by atoms with Gasteiger partial charge in [0.05, 0.1) is 19.0 Å². The molecular weight excluding hydrogens is 238 g/mol. The highest BCUT2D eigenvalue weighted by Gasteiger charge is 2.20. The molecule has 1 unspecified atom stereocenters. The fourth-order valence-electron chi connectivity index (χ4n) is 1.93. The molecule has 0 radical (unpaired) electrons. The summed E-state index contributed by atoms with van der Waals surface area (Å²) in [6.07, 6.45) is 3.14. The standard InChI is InChI=1S/C14H16F2O2/c1-3-17-12-7-6-11(13(15)14(12)16)10-5-4-9(2)18-8-10/h6-9H,3-5H2,1-2H3. The summed E-state index contributed by atoms with van der Waals surface area (Å²) in [5.74, 6) is -1.86. The maximum atomic E-state index is 13.9. The molecule has 1 aliphatic heterocycles. The molecule has 1 atom stereocenters. The van der Waals surface area contributed by atoms with Gasteiger partial charge < -0.3 is 9.47 Å². The Bertz CT molecular complexity index is 469. The fraction of sp³-hybridized carbons (Fsp3) is 0.429. The lowest BCUT2D eigenvalue weighted by atomic mass is 9.98. The Morgan fingerprint density at radius 1 is 1.33 bits per heavy atom. The van der Waals surface area contributed by atoms with E-state index >= 15 is 0 Å². The van der Waals surface area contributed by atoms with Gasteiger partial charge in [-0.25, -0.2) is 4.39 Å². The zero-order valence-corrected chi connectivity index (χ0v) is 10.5. The minimum atomic E-state index is -0.936. The first-order valence-corrected chi connectivity index (χ1v) is 6.09. The number of hydrogen-bond acceptors (Lipinski definition) is 2. The van der Waals surface area contributed by atoms with E-state index in [1.807, 2.05) is 6.92 Å². The van der Waals surface area contributed by atoms with Crippen molar-refractivity contribution in [1.29, 1.82) is 0 Å². The monoisotopic (exact) mass is 254 g/mol. The van der Waals surface area contributed by atoms with Crippen molar-refractivity contribution in [3.05, 3.63) is 35.6 Å². The van der Waals surface area contributed by atoms with Gasteiger partial charge in [0, 0.05) is 5.56 Å². The maximum absolute atomic E-state index is 13.9. The van der Waals surface area contributed by atoms with Gasteiger partial charge in [0.25, 0.3) is 0 Å². The van der Waals surface area contributed by atoms with Gasteiger partial charge in [-0.3, -0.25) is 0 Å². The van der Waals surface area contributed by atoms with E-state index in [-0.39, 0.29) is 17.4 Å². The molecule has 1 heterocycles. The Balaban J connectivity index is 2.32. The van der Waals surface area contributed by atoms with Crippen LogP contribution >= 0.6 is 0 Å². The average Bonchev–Trinajstić information content (AvgIpc) is 2.37. The molecule has 4 heteroatoms. The molecule has 0 bridgehead atoms. The van der Waals surface area contributed by atoms with Crippen molar-refractivity contribution in [1.82, 2.24) is 0 Å². The van der Waals surface area contributed by atoms with Crippen molar-refractivity contribution in [3.63, 3.8) is 0 Å². The third kappa shape index (κ3) is 2.47. The topological polar surface area (TPSA) is 18.5 Å². The van der Waals surface area contributed by atoms with Gasteiger partial charge in [-0.1, -0.05) is 0 Å². The zero-order valence-electron chi connectivity index (χ0n) is 10.5. The van der Waals surface area contributed by atoms with Crippen molar-refractivity contribution in [2.24, 2.45) is 0 Å². The number of allylic oxidation sites excluding steroid dienone is 1. The highest BCUT2D eigenvalue weighted by atomic mass is 19.2. The molecule has 2 rings (SSSR count). The average molecular weight is 254 g/mol. The first-order valence-electron chi connectivity index (χ1n) is 6.09. The zero-order chi connectivity index (χ0) is 13.1. The van der Waals surface area contributed by atoms with Crippen molar-refractivity contribution >= 4 is 5.57 Å². The second-order valence-corrected chi connectivity index (χ2v) is 4.30. The summed E-state index contributed by atoms with van der Waals surface area (Å²) in [7, 11) is 0. The summed E-state index contributed by atoms with van der Waals surface area (Å²) in [4.78, 5) is 0. The first-order chi connectivity index (χ1) is 8.63. The van der Waals surface area contributed by atoms with Gasteiger partial charge in [-0.15, -0.1) is 0 Å². The predicted octanol–water partition coefficient (Wildman–Crippen LogP) is 3.90. The van der Waals surface area contributed by atoms with Gasteiger partial charge in [0.2, 0.25) is 5.82 Å². The van der Waals surface area contributed by atoms with Crippen molar-refractivity contribution < 1.29 is 18.3 Å². The van der Waals surface area contributed by atoms with Crippen LogP contribution in [0.4, 0.5) is 8.78 Å². The molecule has 0 N–H and O–H groups in total. The normalized spacial score (nSPS) is 19.1. The summed E-state index contributed by atoms with van der Waals surface area (Å²) in [6, 6.07) is 2.99. The van der Waals surface area contributed by atoms with Crippen LogP contribution in [0.3, 0.4) is 0 Å². The van der Waals surface area contributed by atoms with E-state index in [4.69, 9.17) is 9.47 Å². The van der Waals surface area contributed by atoms with Crippen LogP contribution in [0.15, 0.2) is 18.4 Å². The number of halogens is 2. The van der Waals surface area contributed by atoms with Crippen LogP contribution in [-0.4, -0.2) is 12.7 Å². The highest BCUT2D eigenvalue weighted by Crippen LogP contribution is 2.32. The molecule has 2 nitrogen and oxygen atoms in total. The first kappa shape index (κ1) is 12.9. The summed E-state index contributed by atoms with van der Waals surface area (Å²) < 4.78 is 38.0. The van der Waals surface area contributed by atoms with E-state index in [1.54, 1.807) is 6.92 Å². The van der Waals surface area contributed by atoms with Crippen molar-refractivity contribution in [2.45, 2.75) is 32.8 Å². The van der Waals surface area contributed by atoms with Gasteiger partial charge in [-0.2, -0.15) is 4.39 Å². The van der Waals surface area contributed by atoms with E-state index < -0.39 is 11.6 Å². The van der Waals surface area contributed by atoms with Crippen LogP contribution < -0.4 is 4.74 Å². The van der Waals surface area contributed by atoms with Crippen LogP contribution in [-0.2, 0) is 4.74 Å². The highest BCUT2D eigenvalue weighted by molar-refractivity contribution is 5.66. The molecule has 0 fully saturated rings. The summed E-state index contributed by atoms with van der Waals surface area (Å²) in [6.45, 7) is 3.98. The van der Waals surface area contributed by atoms with E-state index in [0.717, 1.165) is 6.42 Å². The third-order valence-corrected chi connectivity index (χ3v) is 2.96. The Morgan fingerprint density at radius 3 is 2.72 bits per heavy atom. The Hall–Kier alpha value is -1.58. The summed E-state index contributed by atoms with van der Waals surface area (Å²) in [5, 5.41) is 0. The number of rotatable bonds is 3. The lowest BCUT2D eigenvalue weighted by molar-refractivity contribution is 0.144. The largest absolute Gasteiger partial charge is 0.498 e. The van der Waals surface area contributed by atoms with E-state index in [1.165, 1.54) is 18.4 Å². The van der Waals surface area contributed by atoms with E-state index in [9.17, 15) is 8.78 Å². The molecule has 0 spiro atoms. The predicted molar refractivity (Wildman–Crippen MR) is 65.3 cm³/mol. The second-order valence-electron chi connectivity index (χ2n) is 4.30. The van der Waals surface area contributed by atoms with Crippen LogP contribution in [0.5, 0.6) is 5.75 Å². The molecule has 18 heavy (non-hydrogen) atoms. The van der Waals surface area contributed by atoms with Gasteiger partial charge >= 0.3 is 0 Å².